The first kappa shape index (κ1) is 9.97. The number of rotatable bonds is 3. The fourth-order valence-corrected chi connectivity index (χ4v) is 1.84. The Morgan fingerprint density at radius 2 is 2.07 bits per heavy atom. The fourth-order valence-electron chi connectivity index (χ4n) is 1.84. The van der Waals surface area contributed by atoms with Crippen LogP contribution in [0.15, 0.2) is 36.4 Å². The Labute approximate surface area is 90.0 Å². The zero-order chi connectivity index (χ0) is 10.7. The van der Waals surface area contributed by atoms with Crippen molar-refractivity contribution < 1.29 is 4.79 Å². The molecule has 15 heavy (non-hydrogen) atoms. The minimum atomic E-state index is 0.171. The van der Waals surface area contributed by atoms with E-state index in [0.29, 0.717) is 0 Å². The maximum Gasteiger partial charge on any atom is 0.225 e. The van der Waals surface area contributed by atoms with E-state index < -0.39 is 0 Å². The van der Waals surface area contributed by atoms with Gasteiger partial charge in [0, 0.05) is 0 Å². The molecule has 1 saturated heterocycles. The van der Waals surface area contributed by atoms with Gasteiger partial charge in [0.25, 0.3) is 0 Å². The molecule has 1 heterocycles. The summed E-state index contributed by atoms with van der Waals surface area (Å²) in [7, 11) is 0. The molecule has 2 heteroatoms. The minimum Gasteiger partial charge on any atom is -0.349 e. The molecule has 1 N–H and O–H groups in total. The van der Waals surface area contributed by atoms with Gasteiger partial charge in [-0.25, -0.2) is 0 Å². The van der Waals surface area contributed by atoms with Gasteiger partial charge in [0.05, 0.1) is 12.0 Å². The molecule has 1 aromatic rings. The van der Waals surface area contributed by atoms with E-state index in [1.54, 1.807) is 0 Å². The number of hydrogen-bond donors (Lipinski definition) is 1. The molecule has 0 saturated carbocycles. The number of carbonyl (C=O) groups is 1. The van der Waals surface area contributed by atoms with E-state index in [4.69, 9.17) is 0 Å². The highest BCUT2D eigenvalue weighted by Crippen LogP contribution is 2.20. The molecule has 1 aromatic carbocycles. The first-order valence-electron chi connectivity index (χ1n) is 5.35. The lowest BCUT2D eigenvalue weighted by molar-refractivity contribution is -0.133. The van der Waals surface area contributed by atoms with E-state index in [-0.39, 0.29) is 17.9 Å². The van der Waals surface area contributed by atoms with Crippen LogP contribution in [0.1, 0.15) is 18.9 Å². The molecule has 0 unspecified atom stereocenters. The molecule has 0 aliphatic carbocycles. The van der Waals surface area contributed by atoms with Gasteiger partial charge in [-0.3, -0.25) is 4.79 Å². The number of benzene rings is 1. The normalized spacial score (nSPS) is 25.0. The minimum absolute atomic E-state index is 0.171. The molecule has 2 atom stereocenters. The Bertz CT molecular complexity index is 369. The van der Waals surface area contributed by atoms with Crippen molar-refractivity contribution in [3.63, 3.8) is 0 Å². The van der Waals surface area contributed by atoms with Crippen molar-refractivity contribution in [1.29, 1.82) is 0 Å². The summed E-state index contributed by atoms with van der Waals surface area (Å²) in [6.07, 6.45) is 5.05. The van der Waals surface area contributed by atoms with Crippen molar-refractivity contribution in [3.05, 3.63) is 42.0 Å². The summed E-state index contributed by atoms with van der Waals surface area (Å²) < 4.78 is 0. The van der Waals surface area contributed by atoms with Crippen molar-refractivity contribution in [1.82, 2.24) is 5.32 Å². The predicted octanol–water partition coefficient (Wildman–Crippen LogP) is 2.22. The van der Waals surface area contributed by atoms with Gasteiger partial charge in [-0.1, -0.05) is 49.4 Å². The van der Waals surface area contributed by atoms with Crippen LogP contribution in [0.25, 0.3) is 6.08 Å². The van der Waals surface area contributed by atoms with E-state index in [9.17, 15) is 4.79 Å². The van der Waals surface area contributed by atoms with Crippen LogP contribution in [0.2, 0.25) is 0 Å². The maximum absolute atomic E-state index is 11.1. The molecular weight excluding hydrogens is 186 g/mol. The van der Waals surface area contributed by atoms with Crippen molar-refractivity contribution in [2.24, 2.45) is 5.92 Å². The summed E-state index contributed by atoms with van der Waals surface area (Å²) in [5.41, 5.74) is 1.17. The van der Waals surface area contributed by atoms with E-state index in [1.165, 1.54) is 5.56 Å². The molecule has 1 fully saturated rings. The number of nitrogens with one attached hydrogen (secondary N) is 1. The maximum atomic E-state index is 11.1. The summed E-state index contributed by atoms with van der Waals surface area (Å²) in [6, 6.07) is 10.3. The lowest BCUT2D eigenvalue weighted by Crippen LogP contribution is -2.56. The highest BCUT2D eigenvalue weighted by atomic mass is 16.2. The number of amides is 1. The van der Waals surface area contributed by atoms with Crippen molar-refractivity contribution in [3.8, 4) is 0 Å². The van der Waals surface area contributed by atoms with Crippen LogP contribution in [0, 0.1) is 5.92 Å². The Balaban J connectivity index is 1.98. The molecule has 2 rings (SSSR count). The lowest BCUT2D eigenvalue weighted by atomic mass is 9.87. The molecule has 0 radical (unpaired) electrons. The second-order valence-electron chi connectivity index (χ2n) is 3.82. The summed E-state index contributed by atoms with van der Waals surface area (Å²) in [5.74, 6) is 0.352. The van der Waals surface area contributed by atoms with Gasteiger partial charge in [-0.05, 0) is 12.0 Å². The lowest BCUT2D eigenvalue weighted by Gasteiger charge is -2.34. The highest BCUT2D eigenvalue weighted by molar-refractivity contribution is 5.86. The molecule has 1 aliphatic heterocycles. The zero-order valence-corrected chi connectivity index (χ0v) is 8.81. The third-order valence-corrected chi connectivity index (χ3v) is 2.81. The highest BCUT2D eigenvalue weighted by Gasteiger charge is 2.35. The average molecular weight is 201 g/mol. The van der Waals surface area contributed by atoms with Crippen molar-refractivity contribution in [2.45, 2.75) is 19.4 Å². The van der Waals surface area contributed by atoms with Crippen LogP contribution in [0.4, 0.5) is 0 Å². The van der Waals surface area contributed by atoms with Crippen LogP contribution in [-0.4, -0.2) is 11.9 Å². The summed E-state index contributed by atoms with van der Waals surface area (Å²) in [6.45, 7) is 2.05. The summed E-state index contributed by atoms with van der Waals surface area (Å²) in [4.78, 5) is 11.1. The van der Waals surface area contributed by atoms with Crippen molar-refractivity contribution in [2.75, 3.05) is 0 Å². The van der Waals surface area contributed by atoms with E-state index in [1.807, 2.05) is 25.1 Å². The first-order valence-corrected chi connectivity index (χ1v) is 5.35. The number of β-lactam (4-membered cyclic amide) rings is 1. The Kier molecular flexibility index (Phi) is 2.86. The summed E-state index contributed by atoms with van der Waals surface area (Å²) >= 11 is 0. The van der Waals surface area contributed by atoms with Crippen LogP contribution in [0.3, 0.4) is 0 Å². The monoisotopic (exact) mass is 201 g/mol. The molecular formula is C13H15NO. The first-order chi connectivity index (χ1) is 7.31. The topological polar surface area (TPSA) is 29.1 Å². The fraction of sp³-hybridized carbons (Fsp3) is 0.308. The molecule has 0 spiro atoms. The second kappa shape index (κ2) is 4.30. The van der Waals surface area contributed by atoms with Gasteiger partial charge >= 0.3 is 0 Å². The predicted molar refractivity (Wildman–Crippen MR) is 61.2 cm³/mol. The van der Waals surface area contributed by atoms with Crippen LogP contribution < -0.4 is 5.32 Å². The SMILES string of the molecule is CC[C@H]1C(=O)N[C@@H]1C=Cc1ccccc1. The molecule has 2 nitrogen and oxygen atoms in total. The molecule has 1 aliphatic rings. The zero-order valence-electron chi connectivity index (χ0n) is 8.81. The quantitative estimate of drug-likeness (QED) is 0.746. The third-order valence-electron chi connectivity index (χ3n) is 2.81. The molecule has 1 amide bonds. The van der Waals surface area contributed by atoms with Gasteiger partial charge in [0.15, 0.2) is 0 Å². The van der Waals surface area contributed by atoms with Gasteiger partial charge < -0.3 is 5.32 Å². The largest absolute Gasteiger partial charge is 0.349 e. The smallest absolute Gasteiger partial charge is 0.225 e. The Hall–Kier alpha value is -1.57. The van der Waals surface area contributed by atoms with Crippen LogP contribution in [-0.2, 0) is 4.79 Å². The molecule has 0 bridgehead atoms. The van der Waals surface area contributed by atoms with Crippen LogP contribution >= 0.6 is 0 Å². The Morgan fingerprint density at radius 3 is 2.67 bits per heavy atom. The third kappa shape index (κ3) is 2.09. The number of carbonyl (C=O) groups excluding carboxylic acids is 1. The van der Waals surface area contributed by atoms with E-state index >= 15 is 0 Å². The summed E-state index contributed by atoms with van der Waals surface area (Å²) in [5, 5.41) is 2.89. The van der Waals surface area contributed by atoms with Gasteiger partial charge in [0.1, 0.15) is 0 Å². The van der Waals surface area contributed by atoms with Gasteiger partial charge in [-0.2, -0.15) is 0 Å². The van der Waals surface area contributed by atoms with E-state index in [0.717, 1.165) is 6.42 Å². The van der Waals surface area contributed by atoms with Crippen molar-refractivity contribution >= 4 is 12.0 Å². The molecule has 0 aromatic heterocycles. The van der Waals surface area contributed by atoms with E-state index in [2.05, 4.69) is 29.6 Å². The Morgan fingerprint density at radius 1 is 1.33 bits per heavy atom. The standard InChI is InChI=1S/C13H15NO/c1-2-11-12(14-13(11)15)9-8-10-6-4-3-5-7-10/h3-9,11-12H,2H2,1H3,(H,14,15)/t11-,12-/m1/s1. The molecule has 78 valence electrons. The average Bonchev–Trinajstić information content (AvgIpc) is 2.26. The van der Waals surface area contributed by atoms with Gasteiger partial charge in [0.2, 0.25) is 5.91 Å². The van der Waals surface area contributed by atoms with Crippen LogP contribution in [0.5, 0.6) is 0 Å². The number of hydrogen-bond acceptors (Lipinski definition) is 1. The van der Waals surface area contributed by atoms with Gasteiger partial charge in [-0.15, -0.1) is 0 Å². The second-order valence-corrected chi connectivity index (χ2v) is 3.82.